The van der Waals surface area contributed by atoms with Crippen molar-refractivity contribution in [3.63, 3.8) is 0 Å². The van der Waals surface area contributed by atoms with Gasteiger partial charge >= 0.3 is 9.53 Å². The van der Waals surface area contributed by atoms with E-state index in [0.717, 1.165) is 37.7 Å². The van der Waals surface area contributed by atoms with Gasteiger partial charge in [-0.2, -0.15) is 0 Å². The van der Waals surface area contributed by atoms with Gasteiger partial charge in [0.15, 0.2) is 11.6 Å². The van der Waals surface area contributed by atoms with Crippen LogP contribution in [0.1, 0.15) is 38.2 Å². The number of halogens is 2. The number of hydrogen-bond donors (Lipinski definition) is 0. The first-order valence-electron chi connectivity index (χ1n) is 7.12. The summed E-state index contributed by atoms with van der Waals surface area (Å²) in [4.78, 5) is 0. The van der Waals surface area contributed by atoms with E-state index in [1.165, 1.54) is 12.1 Å². The fourth-order valence-corrected chi connectivity index (χ4v) is 2.84. The predicted molar refractivity (Wildman–Crippen MR) is 78.8 cm³/mol. The highest BCUT2D eigenvalue weighted by molar-refractivity contribution is 6.36. The molecule has 0 heterocycles. The third-order valence-corrected chi connectivity index (χ3v) is 4.45. The van der Waals surface area contributed by atoms with Gasteiger partial charge in [0, 0.05) is 20.3 Å². The molecule has 1 rings (SSSR count). The molecule has 0 N–H and O–H groups in total. The van der Waals surface area contributed by atoms with Gasteiger partial charge in [0.1, 0.15) is 0 Å². The smallest absolute Gasteiger partial charge is 0.375 e. The monoisotopic (exact) mass is 317 g/mol. The van der Waals surface area contributed by atoms with Gasteiger partial charge < -0.3 is 13.3 Å². The molecule has 0 aromatic heterocycles. The lowest BCUT2D eigenvalue weighted by molar-refractivity contribution is 0.0893. The zero-order chi connectivity index (χ0) is 15.7. The Morgan fingerprint density at radius 1 is 1.05 bits per heavy atom. The first kappa shape index (κ1) is 18.2. The van der Waals surface area contributed by atoms with E-state index < -0.39 is 21.2 Å². The lowest BCUT2D eigenvalue weighted by Gasteiger charge is -2.16. The van der Waals surface area contributed by atoms with Crippen molar-refractivity contribution < 1.29 is 22.1 Å². The van der Waals surface area contributed by atoms with Crippen molar-refractivity contribution in [3.8, 4) is 0 Å². The van der Waals surface area contributed by atoms with Crippen molar-refractivity contribution in [1.82, 2.24) is 0 Å². The molecule has 0 fully saturated rings. The second kappa shape index (κ2) is 10.00. The quantitative estimate of drug-likeness (QED) is 0.486. The second-order valence-corrected chi connectivity index (χ2v) is 6.49. The van der Waals surface area contributed by atoms with Crippen molar-refractivity contribution in [2.45, 2.75) is 45.1 Å². The molecular weight excluding hydrogens is 294 g/mol. The van der Waals surface area contributed by atoms with Crippen LogP contribution in [0, 0.1) is 11.6 Å². The van der Waals surface area contributed by atoms with Gasteiger partial charge in [-0.25, -0.2) is 8.78 Å². The number of benzene rings is 1. The molecule has 21 heavy (non-hydrogen) atoms. The molecule has 1 unspecified atom stereocenters. The maximum Gasteiger partial charge on any atom is 0.577 e. The molecule has 0 saturated carbocycles. The third kappa shape index (κ3) is 7.13. The van der Waals surface area contributed by atoms with Crippen LogP contribution in [0.5, 0.6) is 0 Å². The van der Waals surface area contributed by atoms with E-state index in [0.29, 0.717) is 0 Å². The summed E-state index contributed by atoms with van der Waals surface area (Å²) in [6.07, 6.45) is 4.78. The fourth-order valence-electron chi connectivity index (χ4n) is 2.04. The van der Waals surface area contributed by atoms with Gasteiger partial charge in [0.25, 0.3) is 0 Å². The van der Waals surface area contributed by atoms with Gasteiger partial charge in [-0.3, -0.25) is 0 Å². The molecule has 0 amide bonds. The van der Waals surface area contributed by atoms with Gasteiger partial charge in [-0.05, 0) is 43.9 Å². The van der Waals surface area contributed by atoms with Crippen molar-refractivity contribution in [2.24, 2.45) is 0 Å². The summed E-state index contributed by atoms with van der Waals surface area (Å²) in [7, 11) is 1.56. The summed E-state index contributed by atoms with van der Waals surface area (Å²) in [6.45, 7) is 2.00. The minimum absolute atomic E-state index is 0.0991. The Morgan fingerprint density at radius 2 is 1.76 bits per heavy atom. The summed E-state index contributed by atoms with van der Waals surface area (Å²) in [5.41, 5.74) is 0.836. The molecule has 0 aliphatic heterocycles. The van der Waals surface area contributed by atoms with Crippen LogP contribution in [0.15, 0.2) is 18.2 Å². The average molecular weight is 317 g/mol. The van der Waals surface area contributed by atoms with E-state index in [1.807, 2.05) is 6.92 Å². The normalized spacial score (nSPS) is 12.9. The van der Waals surface area contributed by atoms with Crippen LogP contribution in [0.2, 0.25) is 0 Å². The molecule has 3 nitrogen and oxygen atoms in total. The molecule has 0 saturated heterocycles. The molecule has 0 aliphatic carbocycles. The third-order valence-electron chi connectivity index (χ3n) is 3.19. The number of hydrogen-bond acceptors (Lipinski definition) is 3. The van der Waals surface area contributed by atoms with Crippen molar-refractivity contribution in [3.05, 3.63) is 35.4 Å². The Kier molecular flexibility index (Phi) is 8.68. The van der Waals surface area contributed by atoms with E-state index in [4.69, 9.17) is 13.3 Å². The Bertz CT molecular complexity index is 414. The largest absolute Gasteiger partial charge is 0.577 e. The minimum Gasteiger partial charge on any atom is -0.375 e. The predicted octanol–water partition coefficient (Wildman–Crippen LogP) is 3.75. The molecule has 0 spiro atoms. The number of aryl methyl sites for hydroxylation is 1. The van der Waals surface area contributed by atoms with Crippen molar-refractivity contribution in [2.75, 3.05) is 14.2 Å². The van der Waals surface area contributed by atoms with Crippen LogP contribution in [-0.4, -0.2) is 29.9 Å². The van der Waals surface area contributed by atoms with Crippen molar-refractivity contribution >= 4 is 9.53 Å². The summed E-state index contributed by atoms with van der Waals surface area (Å²) < 4.78 is 41.6. The standard InChI is InChI=1S/C15H23F2O3Si/c1-12(20-21(18-2)19-3)7-5-4-6-8-13-9-10-14(16)15(17)11-13/h9-12H,4-8H2,1-3H3. The summed E-state index contributed by atoms with van der Waals surface area (Å²) in [5, 5.41) is 0. The SMILES string of the molecule is CO[Si](OC)OC(C)CCCCCc1ccc(F)c(F)c1. The Morgan fingerprint density at radius 3 is 2.38 bits per heavy atom. The van der Waals surface area contributed by atoms with Gasteiger partial charge in [-0.15, -0.1) is 0 Å². The molecule has 1 aromatic carbocycles. The molecular formula is C15H23F2O3Si. The second-order valence-electron chi connectivity index (χ2n) is 4.93. The number of rotatable bonds is 10. The van der Waals surface area contributed by atoms with E-state index in [-0.39, 0.29) is 6.10 Å². The molecule has 6 heteroatoms. The lowest BCUT2D eigenvalue weighted by Crippen LogP contribution is -2.28. The highest BCUT2D eigenvalue weighted by Crippen LogP contribution is 2.13. The Hall–Kier alpha value is -0.823. The topological polar surface area (TPSA) is 27.7 Å². The maximum atomic E-state index is 13.0. The molecule has 1 radical (unpaired) electrons. The lowest BCUT2D eigenvalue weighted by atomic mass is 10.0. The van der Waals surface area contributed by atoms with Crippen LogP contribution in [0.25, 0.3) is 0 Å². The van der Waals surface area contributed by atoms with Crippen LogP contribution in [0.3, 0.4) is 0 Å². The molecule has 119 valence electrons. The van der Waals surface area contributed by atoms with E-state index in [1.54, 1.807) is 20.3 Å². The first-order chi connectivity index (χ1) is 10.1. The maximum absolute atomic E-state index is 13.0. The van der Waals surface area contributed by atoms with Crippen LogP contribution < -0.4 is 0 Å². The molecule has 0 aliphatic rings. The Balaban J connectivity index is 2.15. The van der Waals surface area contributed by atoms with Crippen molar-refractivity contribution in [1.29, 1.82) is 0 Å². The minimum atomic E-state index is -1.59. The summed E-state index contributed by atoms with van der Waals surface area (Å²) in [5.74, 6) is -1.57. The number of unbranched alkanes of at least 4 members (excludes halogenated alkanes) is 2. The van der Waals surface area contributed by atoms with Crippen LogP contribution in [-0.2, 0) is 19.7 Å². The van der Waals surface area contributed by atoms with Gasteiger partial charge in [0.2, 0.25) is 0 Å². The fraction of sp³-hybridized carbons (Fsp3) is 0.600. The molecule has 1 atom stereocenters. The Labute approximate surface area is 127 Å². The first-order valence-corrected chi connectivity index (χ1v) is 8.34. The summed E-state index contributed by atoms with van der Waals surface area (Å²) in [6, 6.07) is 4.09. The molecule has 0 bridgehead atoms. The zero-order valence-corrected chi connectivity index (χ0v) is 13.8. The van der Waals surface area contributed by atoms with Crippen LogP contribution in [0.4, 0.5) is 8.78 Å². The zero-order valence-electron chi connectivity index (χ0n) is 12.8. The van der Waals surface area contributed by atoms with E-state index in [9.17, 15) is 8.78 Å². The molecule has 1 aromatic rings. The van der Waals surface area contributed by atoms with Crippen LogP contribution >= 0.6 is 0 Å². The van der Waals surface area contributed by atoms with E-state index >= 15 is 0 Å². The highest BCUT2D eigenvalue weighted by atomic mass is 28.3. The average Bonchev–Trinajstić information content (AvgIpc) is 2.48. The summed E-state index contributed by atoms with van der Waals surface area (Å²) >= 11 is 0. The highest BCUT2D eigenvalue weighted by Gasteiger charge is 2.18. The van der Waals surface area contributed by atoms with E-state index in [2.05, 4.69) is 0 Å². The van der Waals surface area contributed by atoms with Gasteiger partial charge in [-0.1, -0.05) is 18.9 Å². The van der Waals surface area contributed by atoms with Gasteiger partial charge in [0.05, 0.1) is 0 Å².